The first-order valence-electron chi connectivity index (χ1n) is 8.66. The fourth-order valence-electron chi connectivity index (χ4n) is 3.72. The Morgan fingerprint density at radius 1 is 1.42 bits per heavy atom. The molecule has 1 aliphatic carbocycles. The summed E-state index contributed by atoms with van der Waals surface area (Å²) in [5.74, 6) is -0.171. The van der Waals surface area contributed by atoms with Gasteiger partial charge in [-0.05, 0) is 56.9 Å². The molecular formula is C20H24N2O4. The second-order valence-electron chi connectivity index (χ2n) is 7.08. The largest absolute Gasteiger partial charge is 0.497 e. The fraction of sp³-hybridized carbons (Fsp3) is 0.400. The maximum absolute atomic E-state index is 12.6. The van der Waals surface area contributed by atoms with Gasteiger partial charge in [0.15, 0.2) is 0 Å². The summed E-state index contributed by atoms with van der Waals surface area (Å²) in [6.45, 7) is 5.94. The highest BCUT2D eigenvalue weighted by atomic mass is 16.5. The lowest BCUT2D eigenvalue weighted by molar-refractivity contribution is -0.137. The molecule has 1 saturated heterocycles. The van der Waals surface area contributed by atoms with Crippen molar-refractivity contribution in [3.8, 4) is 0 Å². The van der Waals surface area contributed by atoms with Gasteiger partial charge in [0.25, 0.3) is 5.91 Å². The van der Waals surface area contributed by atoms with Crippen molar-refractivity contribution in [1.29, 1.82) is 0 Å². The number of hydrogen-bond acceptors (Lipinski definition) is 3. The molecule has 1 aromatic heterocycles. The van der Waals surface area contributed by atoms with Crippen LogP contribution in [0.2, 0.25) is 0 Å². The number of aryl methyl sites for hydroxylation is 1. The van der Waals surface area contributed by atoms with Crippen molar-refractivity contribution in [2.75, 3.05) is 7.11 Å². The van der Waals surface area contributed by atoms with E-state index in [2.05, 4.69) is 10.3 Å². The molecule has 2 heterocycles. The number of allylic oxidation sites excluding steroid dienone is 3. The second-order valence-corrected chi connectivity index (χ2v) is 7.08. The van der Waals surface area contributed by atoms with E-state index in [9.17, 15) is 9.59 Å². The van der Waals surface area contributed by atoms with Gasteiger partial charge in [-0.3, -0.25) is 9.59 Å². The zero-order chi connectivity index (χ0) is 19.1. The minimum absolute atomic E-state index is 0.0885. The first-order chi connectivity index (χ1) is 12.3. The predicted octanol–water partition coefficient (Wildman–Crippen LogP) is 2.99. The Kier molecular flexibility index (Phi) is 4.52. The maximum Gasteiger partial charge on any atom is 0.303 e. The third-order valence-corrected chi connectivity index (χ3v) is 5.42. The van der Waals surface area contributed by atoms with Gasteiger partial charge in [-0.1, -0.05) is 0 Å². The summed E-state index contributed by atoms with van der Waals surface area (Å²) < 4.78 is 5.28. The Hall–Kier alpha value is -2.76. The molecule has 6 nitrogen and oxygen atoms in total. The van der Waals surface area contributed by atoms with Gasteiger partial charge < -0.3 is 20.1 Å². The van der Waals surface area contributed by atoms with E-state index in [1.165, 1.54) is 0 Å². The van der Waals surface area contributed by atoms with E-state index < -0.39 is 11.4 Å². The molecular weight excluding hydrogens is 332 g/mol. The number of fused-ring (bicyclic) bond motifs is 1. The monoisotopic (exact) mass is 356 g/mol. The number of aromatic nitrogens is 1. The molecule has 1 atom stereocenters. The summed E-state index contributed by atoms with van der Waals surface area (Å²) in [4.78, 5) is 26.8. The van der Waals surface area contributed by atoms with Crippen molar-refractivity contribution in [1.82, 2.24) is 10.3 Å². The summed E-state index contributed by atoms with van der Waals surface area (Å²) in [7, 11) is 1.61. The summed E-state index contributed by atoms with van der Waals surface area (Å²) in [5, 5.41) is 11.9. The lowest BCUT2D eigenvalue weighted by Gasteiger charge is -2.27. The van der Waals surface area contributed by atoms with E-state index in [1.54, 1.807) is 7.11 Å². The Balaban J connectivity index is 1.97. The van der Waals surface area contributed by atoms with Crippen molar-refractivity contribution in [3.05, 3.63) is 51.7 Å². The number of aliphatic carboxylic acids is 1. The number of ether oxygens (including phenoxy) is 1. The first kappa shape index (κ1) is 18.0. The van der Waals surface area contributed by atoms with E-state index in [0.717, 1.165) is 34.0 Å². The molecule has 138 valence electrons. The van der Waals surface area contributed by atoms with Gasteiger partial charge in [0.2, 0.25) is 0 Å². The lowest BCUT2D eigenvalue weighted by atomic mass is 9.76. The quantitative estimate of drug-likeness (QED) is 0.707. The standard InChI is InChI=1S/C20H24N2O4/c1-11-14(5-6-18(23)24)12(2)21-16(11)10-15-19(25)22-17-9-13(26-4)7-8-20(15,17)3/h7,9-10,21H,5-6,8H2,1-4H3,(H,22,25)(H,23,24)/b15-10+. The summed E-state index contributed by atoms with van der Waals surface area (Å²) >= 11 is 0. The van der Waals surface area contributed by atoms with Gasteiger partial charge in [0.05, 0.1) is 7.11 Å². The van der Waals surface area contributed by atoms with E-state index in [1.807, 2.05) is 39.0 Å². The van der Waals surface area contributed by atoms with Gasteiger partial charge in [0.1, 0.15) is 5.76 Å². The second kappa shape index (κ2) is 6.52. The molecule has 1 amide bonds. The van der Waals surface area contributed by atoms with Crippen LogP contribution in [0.3, 0.4) is 0 Å². The van der Waals surface area contributed by atoms with Gasteiger partial charge in [0, 0.05) is 40.6 Å². The number of amides is 1. The van der Waals surface area contributed by atoms with Crippen LogP contribution in [0.15, 0.2) is 29.2 Å². The molecule has 0 saturated carbocycles. The third-order valence-electron chi connectivity index (χ3n) is 5.42. The normalized spacial score (nSPS) is 23.4. The molecule has 0 spiro atoms. The number of nitrogens with one attached hydrogen (secondary N) is 2. The zero-order valence-corrected chi connectivity index (χ0v) is 15.5. The van der Waals surface area contributed by atoms with Crippen molar-refractivity contribution in [2.24, 2.45) is 5.41 Å². The molecule has 1 unspecified atom stereocenters. The first-order valence-corrected chi connectivity index (χ1v) is 8.66. The lowest BCUT2D eigenvalue weighted by Crippen LogP contribution is -2.21. The van der Waals surface area contributed by atoms with Gasteiger partial charge in [-0.2, -0.15) is 0 Å². The summed E-state index contributed by atoms with van der Waals surface area (Å²) in [6, 6.07) is 0. The van der Waals surface area contributed by atoms with E-state index in [0.29, 0.717) is 18.4 Å². The number of aromatic amines is 1. The van der Waals surface area contributed by atoms with Crippen LogP contribution >= 0.6 is 0 Å². The van der Waals surface area contributed by atoms with Crippen LogP contribution in [0.1, 0.15) is 42.3 Å². The smallest absolute Gasteiger partial charge is 0.303 e. The van der Waals surface area contributed by atoms with Gasteiger partial charge >= 0.3 is 5.97 Å². The molecule has 0 bridgehead atoms. The van der Waals surface area contributed by atoms with E-state index >= 15 is 0 Å². The molecule has 2 aliphatic rings. The van der Waals surface area contributed by atoms with E-state index in [-0.39, 0.29) is 12.3 Å². The zero-order valence-electron chi connectivity index (χ0n) is 15.5. The fourth-order valence-corrected chi connectivity index (χ4v) is 3.72. The molecule has 0 radical (unpaired) electrons. The van der Waals surface area contributed by atoms with Crippen molar-refractivity contribution < 1.29 is 19.4 Å². The Labute approximate surface area is 152 Å². The molecule has 1 fully saturated rings. The number of carbonyl (C=O) groups is 2. The van der Waals surface area contributed by atoms with Crippen molar-refractivity contribution >= 4 is 18.0 Å². The van der Waals surface area contributed by atoms with Crippen LogP contribution in [-0.4, -0.2) is 29.1 Å². The Bertz CT molecular complexity index is 873. The SMILES string of the molecule is COC1=CCC2(C)C(=C1)NC(=O)/C2=C\c1[nH]c(C)c(CCC(=O)O)c1C. The highest BCUT2D eigenvalue weighted by molar-refractivity contribution is 6.04. The molecule has 1 aromatic rings. The summed E-state index contributed by atoms with van der Waals surface area (Å²) in [5.41, 5.74) is 4.94. The Morgan fingerprint density at radius 2 is 2.15 bits per heavy atom. The summed E-state index contributed by atoms with van der Waals surface area (Å²) in [6.07, 6.45) is 6.99. The van der Waals surface area contributed by atoms with Crippen LogP contribution in [0.5, 0.6) is 0 Å². The number of carbonyl (C=O) groups excluding carboxylic acids is 1. The van der Waals surface area contributed by atoms with Crippen molar-refractivity contribution in [2.45, 2.75) is 40.0 Å². The molecule has 0 aromatic carbocycles. The Morgan fingerprint density at radius 3 is 2.81 bits per heavy atom. The highest BCUT2D eigenvalue weighted by Crippen LogP contribution is 2.46. The third kappa shape index (κ3) is 2.96. The van der Waals surface area contributed by atoms with E-state index in [4.69, 9.17) is 9.84 Å². The number of methoxy groups -OCH3 is 1. The number of rotatable bonds is 5. The van der Waals surface area contributed by atoms with Crippen LogP contribution in [0.25, 0.3) is 6.08 Å². The molecule has 6 heteroatoms. The van der Waals surface area contributed by atoms with Crippen LogP contribution in [-0.2, 0) is 20.7 Å². The minimum Gasteiger partial charge on any atom is -0.497 e. The number of carboxylic acids is 1. The minimum atomic E-state index is -0.815. The van der Waals surface area contributed by atoms with Crippen LogP contribution in [0.4, 0.5) is 0 Å². The molecule has 26 heavy (non-hydrogen) atoms. The number of hydrogen-bond donors (Lipinski definition) is 3. The molecule has 3 N–H and O–H groups in total. The highest BCUT2D eigenvalue weighted by Gasteiger charge is 2.45. The van der Waals surface area contributed by atoms with Gasteiger partial charge in [-0.15, -0.1) is 0 Å². The molecule has 1 aliphatic heterocycles. The maximum atomic E-state index is 12.6. The number of H-pyrrole nitrogens is 1. The van der Waals surface area contributed by atoms with Crippen LogP contribution in [0, 0.1) is 19.3 Å². The van der Waals surface area contributed by atoms with Crippen molar-refractivity contribution in [3.63, 3.8) is 0 Å². The topological polar surface area (TPSA) is 91.4 Å². The predicted molar refractivity (Wildman–Crippen MR) is 98.2 cm³/mol. The van der Waals surface area contributed by atoms with Crippen LogP contribution < -0.4 is 5.32 Å². The average Bonchev–Trinajstić information content (AvgIpc) is 2.99. The average molecular weight is 356 g/mol. The number of carboxylic acid groups (broad SMARTS) is 1. The van der Waals surface area contributed by atoms with Gasteiger partial charge in [-0.25, -0.2) is 0 Å². The molecule has 3 rings (SSSR count).